The molecule has 23 heavy (non-hydrogen) atoms. The first-order chi connectivity index (χ1) is 10.6. The smallest absolute Gasteiger partial charge is 0.308 e. The van der Waals surface area contributed by atoms with Crippen LogP contribution in [0, 0.1) is 5.92 Å². The summed E-state index contributed by atoms with van der Waals surface area (Å²) < 4.78 is 30.1. The second-order valence-electron chi connectivity index (χ2n) is 6.44. The van der Waals surface area contributed by atoms with Gasteiger partial charge in [-0.3, -0.25) is 9.79 Å². The number of methoxy groups -OCH3 is 1. The molecule has 0 aromatic heterocycles. The topological polar surface area (TPSA) is 100 Å². The number of esters is 1. The predicted octanol–water partition coefficient (Wildman–Crippen LogP) is -0.225. The van der Waals surface area contributed by atoms with E-state index in [1.54, 1.807) is 20.9 Å². The molecule has 1 saturated heterocycles. The lowest BCUT2D eigenvalue weighted by Gasteiger charge is -2.34. The number of hydrogen-bond acceptors (Lipinski definition) is 5. The summed E-state index contributed by atoms with van der Waals surface area (Å²) in [6, 6.07) is 0. The monoisotopic (exact) mass is 348 g/mol. The maximum atomic E-state index is 11.6. The first kappa shape index (κ1) is 19.7. The molecule has 0 aliphatic carbocycles. The zero-order valence-electron chi connectivity index (χ0n) is 14.5. The predicted molar refractivity (Wildman–Crippen MR) is 89.7 cm³/mol. The van der Waals surface area contributed by atoms with Crippen LogP contribution < -0.4 is 10.0 Å². The molecule has 1 rings (SSSR count). The van der Waals surface area contributed by atoms with E-state index in [0.29, 0.717) is 25.6 Å². The van der Waals surface area contributed by atoms with Gasteiger partial charge < -0.3 is 15.0 Å². The minimum Gasteiger partial charge on any atom is -0.469 e. The number of hydrogen-bond donors (Lipinski definition) is 2. The van der Waals surface area contributed by atoms with Crippen LogP contribution in [-0.2, 0) is 19.6 Å². The third-order valence-corrected chi connectivity index (χ3v) is 4.61. The largest absolute Gasteiger partial charge is 0.469 e. The number of nitrogens with zero attached hydrogens (tertiary/aromatic N) is 2. The molecule has 1 aliphatic rings. The van der Waals surface area contributed by atoms with Crippen molar-refractivity contribution in [3.63, 3.8) is 0 Å². The molecule has 1 fully saturated rings. The number of aliphatic imine (C=N–C) groups is 1. The molecule has 0 amide bonds. The van der Waals surface area contributed by atoms with Gasteiger partial charge in [-0.05, 0) is 26.7 Å². The number of piperidine rings is 1. The third kappa shape index (κ3) is 6.74. The van der Waals surface area contributed by atoms with Crippen LogP contribution in [0.4, 0.5) is 0 Å². The number of guanidine groups is 1. The Balaban J connectivity index is 2.55. The molecule has 1 aliphatic heterocycles. The van der Waals surface area contributed by atoms with Gasteiger partial charge in [0.1, 0.15) is 0 Å². The van der Waals surface area contributed by atoms with Crippen molar-refractivity contribution in [2.45, 2.75) is 32.2 Å². The van der Waals surface area contributed by atoms with Gasteiger partial charge in [-0.15, -0.1) is 0 Å². The van der Waals surface area contributed by atoms with E-state index in [1.165, 1.54) is 7.11 Å². The van der Waals surface area contributed by atoms with Crippen LogP contribution in [0.2, 0.25) is 0 Å². The average molecular weight is 348 g/mol. The molecule has 0 aromatic carbocycles. The lowest BCUT2D eigenvalue weighted by atomic mass is 9.97. The van der Waals surface area contributed by atoms with Crippen molar-refractivity contribution in [2.75, 3.05) is 40.0 Å². The molecule has 8 nitrogen and oxygen atoms in total. The van der Waals surface area contributed by atoms with Crippen molar-refractivity contribution in [2.24, 2.45) is 10.9 Å². The SMILES string of the molecule is CN=C(NCC(C)(C)NS(C)(=O)=O)N1CCC(C(=O)OC)CC1. The number of ether oxygens (including phenoxy) is 1. The van der Waals surface area contributed by atoms with E-state index in [2.05, 4.69) is 19.9 Å². The van der Waals surface area contributed by atoms with Crippen LogP contribution in [0.5, 0.6) is 0 Å². The highest BCUT2D eigenvalue weighted by molar-refractivity contribution is 7.88. The minimum absolute atomic E-state index is 0.0577. The molecule has 2 N–H and O–H groups in total. The summed E-state index contributed by atoms with van der Waals surface area (Å²) in [4.78, 5) is 17.9. The second kappa shape index (κ2) is 7.96. The number of nitrogens with one attached hydrogen (secondary N) is 2. The molecule has 0 atom stereocenters. The highest BCUT2D eigenvalue weighted by Gasteiger charge is 2.28. The van der Waals surface area contributed by atoms with Crippen LogP contribution in [0.1, 0.15) is 26.7 Å². The Morgan fingerprint density at radius 1 is 1.35 bits per heavy atom. The maximum Gasteiger partial charge on any atom is 0.308 e. The van der Waals surface area contributed by atoms with E-state index in [4.69, 9.17) is 4.74 Å². The molecule has 0 unspecified atom stereocenters. The minimum atomic E-state index is -3.28. The van der Waals surface area contributed by atoms with E-state index in [0.717, 1.165) is 19.1 Å². The van der Waals surface area contributed by atoms with Gasteiger partial charge in [0.15, 0.2) is 5.96 Å². The van der Waals surface area contributed by atoms with Crippen molar-refractivity contribution < 1.29 is 17.9 Å². The maximum absolute atomic E-state index is 11.6. The number of likely N-dealkylation sites (tertiary alicyclic amines) is 1. The van der Waals surface area contributed by atoms with Gasteiger partial charge >= 0.3 is 5.97 Å². The molecule has 0 spiro atoms. The second-order valence-corrected chi connectivity index (χ2v) is 8.19. The van der Waals surface area contributed by atoms with Gasteiger partial charge in [-0.25, -0.2) is 13.1 Å². The van der Waals surface area contributed by atoms with Gasteiger partial charge in [0, 0.05) is 32.2 Å². The highest BCUT2D eigenvalue weighted by atomic mass is 32.2. The van der Waals surface area contributed by atoms with Crippen molar-refractivity contribution in [1.82, 2.24) is 14.9 Å². The van der Waals surface area contributed by atoms with Crippen LogP contribution in [0.3, 0.4) is 0 Å². The van der Waals surface area contributed by atoms with Crippen molar-refractivity contribution in [3.8, 4) is 0 Å². The molecular formula is C14H28N4O4S. The molecule has 1 heterocycles. The first-order valence-electron chi connectivity index (χ1n) is 7.60. The van der Waals surface area contributed by atoms with Crippen LogP contribution >= 0.6 is 0 Å². The van der Waals surface area contributed by atoms with Gasteiger partial charge in [0.2, 0.25) is 10.0 Å². The quantitative estimate of drug-likeness (QED) is 0.405. The zero-order chi connectivity index (χ0) is 17.7. The van der Waals surface area contributed by atoms with Crippen LogP contribution in [0.15, 0.2) is 4.99 Å². The van der Waals surface area contributed by atoms with Crippen molar-refractivity contribution >= 4 is 22.0 Å². The molecule has 0 aromatic rings. The summed E-state index contributed by atoms with van der Waals surface area (Å²) in [5.41, 5.74) is -0.631. The van der Waals surface area contributed by atoms with Gasteiger partial charge in [-0.2, -0.15) is 0 Å². The summed E-state index contributed by atoms with van der Waals surface area (Å²) in [6.45, 7) is 5.43. The molecular weight excluding hydrogens is 320 g/mol. The Kier molecular flexibility index (Phi) is 6.82. The van der Waals surface area contributed by atoms with E-state index < -0.39 is 15.6 Å². The van der Waals surface area contributed by atoms with E-state index in [9.17, 15) is 13.2 Å². The standard InChI is InChI=1S/C14H28N4O4S/c1-14(2,17-23(5,20)21)10-16-13(15-3)18-8-6-11(7-9-18)12(19)22-4/h11,17H,6-10H2,1-5H3,(H,15,16). The molecule has 0 bridgehead atoms. The van der Waals surface area contributed by atoms with Crippen molar-refractivity contribution in [1.29, 1.82) is 0 Å². The molecule has 0 saturated carbocycles. The Bertz CT molecular complexity index is 537. The van der Waals surface area contributed by atoms with Gasteiger partial charge in [0.25, 0.3) is 0 Å². The summed E-state index contributed by atoms with van der Waals surface area (Å²) in [6.07, 6.45) is 2.58. The lowest BCUT2D eigenvalue weighted by molar-refractivity contribution is -0.146. The Morgan fingerprint density at radius 2 is 1.91 bits per heavy atom. The summed E-state index contributed by atoms with van der Waals surface area (Å²) >= 11 is 0. The fourth-order valence-electron chi connectivity index (χ4n) is 2.66. The van der Waals surface area contributed by atoms with E-state index >= 15 is 0 Å². The van der Waals surface area contributed by atoms with Crippen LogP contribution in [0.25, 0.3) is 0 Å². The number of sulfonamides is 1. The van der Waals surface area contributed by atoms with E-state index in [-0.39, 0.29) is 11.9 Å². The molecule has 9 heteroatoms. The fraction of sp³-hybridized carbons (Fsp3) is 0.857. The van der Waals surface area contributed by atoms with Gasteiger partial charge in [-0.1, -0.05) is 0 Å². The number of carbonyl (C=O) groups is 1. The summed E-state index contributed by atoms with van der Waals surface area (Å²) in [5, 5.41) is 3.19. The van der Waals surface area contributed by atoms with Crippen molar-refractivity contribution in [3.05, 3.63) is 0 Å². The lowest BCUT2D eigenvalue weighted by Crippen LogP contribution is -2.54. The molecule has 0 radical (unpaired) electrons. The summed E-state index contributed by atoms with van der Waals surface area (Å²) in [7, 11) is -0.181. The fourth-order valence-corrected chi connectivity index (χ4v) is 3.74. The Labute approximate surface area is 138 Å². The normalized spacial score (nSPS) is 18.0. The zero-order valence-corrected chi connectivity index (χ0v) is 15.4. The highest BCUT2D eigenvalue weighted by Crippen LogP contribution is 2.18. The third-order valence-electron chi connectivity index (χ3n) is 3.69. The number of carbonyl (C=O) groups excluding carboxylic acids is 1. The summed E-state index contributed by atoms with van der Waals surface area (Å²) in [5.74, 6) is 0.487. The van der Waals surface area contributed by atoms with E-state index in [1.807, 2.05) is 0 Å². The Hall–Kier alpha value is -1.35. The van der Waals surface area contributed by atoms with Crippen LogP contribution in [-0.4, -0.2) is 70.8 Å². The Morgan fingerprint density at radius 3 is 2.35 bits per heavy atom. The average Bonchev–Trinajstić information content (AvgIpc) is 2.45. The first-order valence-corrected chi connectivity index (χ1v) is 9.49. The molecule has 134 valence electrons. The van der Waals surface area contributed by atoms with Gasteiger partial charge in [0.05, 0.1) is 19.3 Å². The number of rotatable bonds is 5.